The lowest BCUT2D eigenvalue weighted by molar-refractivity contribution is -0.129. The summed E-state index contributed by atoms with van der Waals surface area (Å²) in [6.45, 7) is 17.7. The zero-order valence-electron chi connectivity index (χ0n) is 16.4. The second-order valence-corrected chi connectivity index (χ2v) is 14.7. The van der Waals surface area contributed by atoms with Crippen LogP contribution in [-0.2, 0) is 9.22 Å². The van der Waals surface area contributed by atoms with Crippen LogP contribution in [0.5, 0.6) is 0 Å². The molecule has 0 unspecified atom stereocenters. The SMILES string of the molecule is Cc1ccc([C@@H]2[C@@H]3C(=O)C(C)(C)[C@H](O[Si](C)(C)C(C)(C)C)[C@@H]32)cc1. The van der Waals surface area contributed by atoms with Crippen molar-refractivity contribution in [1.82, 2.24) is 0 Å². The highest BCUT2D eigenvalue weighted by Crippen LogP contribution is 2.67. The van der Waals surface area contributed by atoms with Gasteiger partial charge in [0, 0.05) is 17.3 Å². The van der Waals surface area contributed by atoms with E-state index in [-0.39, 0.29) is 22.5 Å². The zero-order valence-corrected chi connectivity index (χ0v) is 17.4. The summed E-state index contributed by atoms with van der Waals surface area (Å²) in [4.78, 5) is 13.0. The number of carbonyl (C=O) groups is 1. The number of hydrogen-bond donors (Lipinski definition) is 0. The first kappa shape index (κ1) is 17.9. The van der Waals surface area contributed by atoms with Gasteiger partial charge in [0.05, 0.1) is 6.10 Å². The molecule has 24 heavy (non-hydrogen) atoms. The molecule has 0 bridgehead atoms. The van der Waals surface area contributed by atoms with E-state index >= 15 is 0 Å². The summed E-state index contributed by atoms with van der Waals surface area (Å²) in [5.41, 5.74) is 2.22. The Labute approximate surface area is 148 Å². The van der Waals surface area contributed by atoms with E-state index in [1.165, 1.54) is 11.1 Å². The van der Waals surface area contributed by atoms with E-state index < -0.39 is 8.32 Å². The fraction of sp³-hybridized carbons (Fsp3) is 0.667. The van der Waals surface area contributed by atoms with E-state index in [0.29, 0.717) is 17.6 Å². The molecular formula is C21H32O2Si. The first-order valence-corrected chi connectivity index (χ1v) is 12.1. The zero-order chi connectivity index (χ0) is 18.1. The molecule has 0 aliphatic heterocycles. The molecule has 0 radical (unpaired) electrons. The number of rotatable bonds is 3. The Kier molecular flexibility index (Phi) is 3.93. The molecule has 132 valence electrons. The van der Waals surface area contributed by atoms with Gasteiger partial charge in [-0.1, -0.05) is 64.4 Å². The highest BCUT2D eigenvalue weighted by atomic mass is 28.4. The smallest absolute Gasteiger partial charge is 0.192 e. The van der Waals surface area contributed by atoms with Crippen molar-refractivity contribution >= 4 is 14.1 Å². The summed E-state index contributed by atoms with van der Waals surface area (Å²) in [5, 5.41) is 0.165. The second kappa shape index (κ2) is 5.28. The van der Waals surface area contributed by atoms with Crippen molar-refractivity contribution in [3.8, 4) is 0 Å². The van der Waals surface area contributed by atoms with Gasteiger partial charge in [-0.05, 0) is 36.5 Å². The average molecular weight is 345 g/mol. The predicted octanol–water partition coefficient (Wildman–Crippen LogP) is 5.32. The summed E-state index contributed by atoms with van der Waals surface area (Å²) < 4.78 is 6.80. The van der Waals surface area contributed by atoms with Gasteiger partial charge in [0.15, 0.2) is 8.32 Å². The minimum Gasteiger partial charge on any atom is -0.413 e. The molecule has 0 amide bonds. The highest BCUT2D eigenvalue weighted by molar-refractivity contribution is 6.74. The van der Waals surface area contributed by atoms with Gasteiger partial charge in [-0.15, -0.1) is 0 Å². The third kappa shape index (κ3) is 2.60. The Morgan fingerprint density at radius 3 is 2.08 bits per heavy atom. The molecular weight excluding hydrogens is 312 g/mol. The molecule has 3 rings (SSSR count). The molecule has 1 aromatic carbocycles. The topological polar surface area (TPSA) is 26.3 Å². The number of ketones is 1. The largest absolute Gasteiger partial charge is 0.413 e. The van der Waals surface area contributed by atoms with Gasteiger partial charge >= 0.3 is 0 Å². The third-order valence-corrected chi connectivity index (χ3v) is 11.2. The lowest BCUT2D eigenvalue weighted by Crippen LogP contribution is -2.49. The molecule has 2 saturated carbocycles. The monoisotopic (exact) mass is 344 g/mol. The summed E-state index contributed by atoms with van der Waals surface area (Å²) in [6, 6.07) is 8.70. The second-order valence-electron chi connectivity index (χ2n) is 9.92. The van der Waals surface area contributed by atoms with E-state index in [0.717, 1.165) is 0 Å². The van der Waals surface area contributed by atoms with Crippen LogP contribution in [0.1, 0.15) is 51.7 Å². The number of aryl methyl sites for hydroxylation is 1. The molecule has 3 heteroatoms. The number of fused-ring (bicyclic) bond motifs is 1. The lowest BCUT2D eigenvalue weighted by Gasteiger charge is -2.42. The fourth-order valence-electron chi connectivity index (χ4n) is 4.04. The van der Waals surface area contributed by atoms with Crippen LogP contribution in [0.4, 0.5) is 0 Å². The molecule has 0 spiro atoms. The normalized spacial score (nSPS) is 31.9. The van der Waals surface area contributed by atoms with Gasteiger partial charge < -0.3 is 4.43 Å². The van der Waals surface area contributed by atoms with Crippen LogP contribution in [0, 0.1) is 24.2 Å². The first-order chi connectivity index (χ1) is 10.9. The van der Waals surface area contributed by atoms with Crippen molar-refractivity contribution in [3.05, 3.63) is 35.4 Å². The highest BCUT2D eigenvalue weighted by Gasteiger charge is 2.71. The van der Waals surface area contributed by atoms with Crippen LogP contribution >= 0.6 is 0 Å². The Bertz CT molecular complexity index is 651. The molecule has 2 aliphatic rings. The van der Waals surface area contributed by atoms with Crippen molar-refractivity contribution in [3.63, 3.8) is 0 Å². The summed E-state index contributed by atoms with van der Waals surface area (Å²) in [7, 11) is -1.90. The van der Waals surface area contributed by atoms with Crippen LogP contribution in [0.15, 0.2) is 24.3 Å². The third-order valence-electron chi connectivity index (χ3n) is 6.76. The molecule has 0 saturated heterocycles. The van der Waals surface area contributed by atoms with Crippen molar-refractivity contribution < 1.29 is 9.22 Å². The van der Waals surface area contributed by atoms with E-state index in [9.17, 15) is 4.79 Å². The van der Waals surface area contributed by atoms with Crippen LogP contribution in [0.3, 0.4) is 0 Å². The van der Waals surface area contributed by atoms with Crippen LogP contribution in [0.2, 0.25) is 18.1 Å². The summed E-state index contributed by atoms with van der Waals surface area (Å²) in [6.07, 6.45) is 0.0576. The molecule has 0 N–H and O–H groups in total. The molecule has 2 aliphatic carbocycles. The fourth-order valence-corrected chi connectivity index (χ4v) is 5.48. The minimum atomic E-state index is -1.90. The van der Waals surface area contributed by atoms with E-state index in [4.69, 9.17) is 4.43 Å². The van der Waals surface area contributed by atoms with E-state index in [1.807, 2.05) is 0 Å². The number of benzene rings is 1. The van der Waals surface area contributed by atoms with E-state index in [2.05, 4.69) is 78.9 Å². The van der Waals surface area contributed by atoms with Gasteiger partial charge in [0.2, 0.25) is 0 Å². The Morgan fingerprint density at radius 1 is 1.04 bits per heavy atom. The Balaban J connectivity index is 1.88. The van der Waals surface area contributed by atoms with E-state index in [1.54, 1.807) is 0 Å². The van der Waals surface area contributed by atoms with Crippen molar-refractivity contribution in [2.45, 2.75) is 71.7 Å². The molecule has 2 nitrogen and oxygen atoms in total. The van der Waals surface area contributed by atoms with Gasteiger partial charge in [-0.25, -0.2) is 0 Å². The standard InChI is InChI=1S/C21H32O2Si/c1-13-9-11-14(12-10-13)15-16-17(15)19(21(5,6)18(16)22)23-24(7,8)20(2,3)4/h9-12,15-17,19H,1-8H3/t15-,16+,17-,19-/m1/s1. The minimum absolute atomic E-state index is 0.0576. The van der Waals surface area contributed by atoms with Gasteiger partial charge in [0.1, 0.15) is 5.78 Å². The van der Waals surface area contributed by atoms with Gasteiger partial charge in [0.25, 0.3) is 0 Å². The van der Waals surface area contributed by atoms with Crippen LogP contribution < -0.4 is 0 Å². The maximum atomic E-state index is 13.0. The molecule has 0 heterocycles. The number of carbonyl (C=O) groups excluding carboxylic acids is 1. The van der Waals surface area contributed by atoms with Crippen molar-refractivity contribution in [2.24, 2.45) is 17.3 Å². The Morgan fingerprint density at radius 2 is 1.58 bits per heavy atom. The van der Waals surface area contributed by atoms with Gasteiger partial charge in [-0.2, -0.15) is 0 Å². The maximum absolute atomic E-state index is 13.0. The quantitative estimate of drug-likeness (QED) is 0.693. The van der Waals surface area contributed by atoms with Crippen LogP contribution in [0.25, 0.3) is 0 Å². The predicted molar refractivity (Wildman–Crippen MR) is 102 cm³/mol. The molecule has 0 aromatic heterocycles. The Hall–Kier alpha value is -0.933. The molecule has 2 fully saturated rings. The van der Waals surface area contributed by atoms with Crippen LogP contribution in [-0.4, -0.2) is 20.2 Å². The molecule has 1 aromatic rings. The van der Waals surface area contributed by atoms with Crippen molar-refractivity contribution in [1.29, 1.82) is 0 Å². The lowest BCUT2D eigenvalue weighted by atomic mass is 9.81. The molecule has 4 atom stereocenters. The number of hydrogen-bond acceptors (Lipinski definition) is 2. The summed E-state index contributed by atoms with van der Waals surface area (Å²) >= 11 is 0. The van der Waals surface area contributed by atoms with Gasteiger partial charge in [-0.3, -0.25) is 4.79 Å². The number of Topliss-reactive ketones (excluding diaryl/α,β-unsaturated/α-hetero) is 1. The summed E-state index contributed by atoms with van der Waals surface area (Å²) in [5.74, 6) is 1.30. The maximum Gasteiger partial charge on any atom is 0.192 e. The van der Waals surface area contributed by atoms with Crippen molar-refractivity contribution in [2.75, 3.05) is 0 Å². The first-order valence-electron chi connectivity index (χ1n) is 9.16. The average Bonchev–Trinajstić information content (AvgIpc) is 3.13.